The number of amides is 2. The van der Waals surface area contributed by atoms with Crippen molar-refractivity contribution >= 4 is 72.2 Å². The van der Waals surface area contributed by atoms with Crippen LogP contribution in [0, 0.1) is 5.41 Å². The van der Waals surface area contributed by atoms with Gasteiger partial charge in [0.15, 0.2) is 0 Å². The molecule has 2 amide bonds. The van der Waals surface area contributed by atoms with Crippen LogP contribution in [0.1, 0.15) is 95.0 Å². The highest BCUT2D eigenvalue weighted by Crippen LogP contribution is 2.44. The Balaban J connectivity index is 0.902. The molecule has 14 nitrogen and oxygen atoms in total. The molecule has 4 aromatic rings. The zero-order valence-corrected chi connectivity index (χ0v) is 48.9. The molecule has 0 aromatic heterocycles. The van der Waals surface area contributed by atoms with Gasteiger partial charge in [-0.15, -0.1) is 11.8 Å². The van der Waals surface area contributed by atoms with Crippen molar-refractivity contribution < 1.29 is 44.3 Å². The number of carbonyl (C=O) groups is 2. The van der Waals surface area contributed by atoms with Crippen molar-refractivity contribution in [3.05, 3.63) is 119 Å². The van der Waals surface area contributed by atoms with Crippen LogP contribution in [0.25, 0.3) is 5.57 Å². The van der Waals surface area contributed by atoms with Crippen LogP contribution in [-0.2, 0) is 24.6 Å². The molecule has 21 heteroatoms. The molecule has 1 aliphatic carbocycles. The van der Waals surface area contributed by atoms with Crippen molar-refractivity contribution in [3.8, 4) is 0 Å². The van der Waals surface area contributed by atoms with Crippen LogP contribution in [-0.4, -0.2) is 156 Å². The quantitative estimate of drug-likeness (QED) is 0.0910. The number of piperazine rings is 2. The molecule has 4 aliphatic rings. The summed E-state index contributed by atoms with van der Waals surface area (Å²) in [4.78, 5) is 36.4. The summed E-state index contributed by atoms with van der Waals surface area (Å²) in [6.07, 6.45) is 7.45. The standard InChI is InChI=1S/C58H75ClF3N7O7S3/c1-56(2,3)76-55(71)69-36-32-67(33-37-69)42-57(4)26-24-51(43-14-18-46(59)19-15-43)45(39-57)40-66-30-34-68(35-31-66)48-20-16-44(17-21-48)54(70)64-79(74,75)50-22-23-52(53(38-50)78(72,73)58(60,61)62)63-47(41-77-49-12-8-7-9-13-49)25-29-65-27-10-5-6-11-28-65/h7-9,12-23,38,47,63H,5-6,10-11,24-37,39-42H2,1-4H3,(H,64,70)/t47?,57-/m1/s1. The summed E-state index contributed by atoms with van der Waals surface area (Å²) >= 11 is 7.80. The van der Waals surface area contributed by atoms with E-state index < -0.39 is 52.7 Å². The molecule has 430 valence electrons. The molecule has 1 unspecified atom stereocenters. The summed E-state index contributed by atoms with van der Waals surface area (Å²) in [6.45, 7) is 17.9. The molecule has 0 spiro atoms. The highest BCUT2D eigenvalue weighted by Gasteiger charge is 2.49. The number of sulfonamides is 1. The van der Waals surface area contributed by atoms with Crippen LogP contribution in [0.15, 0.2) is 117 Å². The van der Waals surface area contributed by atoms with Crippen LogP contribution >= 0.6 is 23.4 Å². The number of ether oxygens (including phenoxy) is 1. The fourth-order valence-corrected chi connectivity index (χ4v) is 14.2. The fourth-order valence-electron chi connectivity index (χ4n) is 11.0. The topological polar surface area (TPSA) is 152 Å². The van der Waals surface area contributed by atoms with Gasteiger partial charge in [0.25, 0.3) is 25.8 Å². The number of hydrogen-bond donors (Lipinski definition) is 2. The number of rotatable bonds is 18. The lowest BCUT2D eigenvalue weighted by Crippen LogP contribution is -2.52. The number of nitrogens with one attached hydrogen (secondary N) is 2. The molecule has 2 N–H and O–H groups in total. The van der Waals surface area contributed by atoms with E-state index in [0.717, 1.165) is 120 Å². The summed E-state index contributed by atoms with van der Waals surface area (Å²) in [6, 6.07) is 26.0. The Morgan fingerprint density at radius 3 is 2.05 bits per heavy atom. The monoisotopic (exact) mass is 1170 g/mol. The third kappa shape index (κ3) is 16.4. The molecule has 79 heavy (non-hydrogen) atoms. The number of alkyl halides is 3. The van der Waals surface area contributed by atoms with E-state index in [1.807, 2.05) is 68.0 Å². The third-order valence-corrected chi connectivity index (χ3v) is 19.6. The van der Waals surface area contributed by atoms with Gasteiger partial charge in [0.05, 0.1) is 10.6 Å². The molecule has 0 saturated carbocycles. The van der Waals surface area contributed by atoms with Crippen LogP contribution in [0.5, 0.6) is 0 Å². The van der Waals surface area contributed by atoms with Crippen LogP contribution < -0.4 is 14.9 Å². The predicted molar refractivity (Wildman–Crippen MR) is 308 cm³/mol. The fraction of sp³-hybridized carbons (Fsp3) is 0.517. The Morgan fingerprint density at radius 1 is 0.772 bits per heavy atom. The average molecular weight is 1170 g/mol. The molecule has 3 aliphatic heterocycles. The average Bonchev–Trinajstić information content (AvgIpc) is 3.79. The lowest BCUT2D eigenvalue weighted by atomic mass is 9.71. The summed E-state index contributed by atoms with van der Waals surface area (Å²) in [5.41, 5.74) is -1.88. The first kappa shape index (κ1) is 60.3. The summed E-state index contributed by atoms with van der Waals surface area (Å²) in [7, 11) is -10.9. The zero-order chi connectivity index (χ0) is 56.6. The van der Waals surface area contributed by atoms with Crippen LogP contribution in [0.4, 0.5) is 29.3 Å². The largest absolute Gasteiger partial charge is 0.501 e. The molecule has 3 fully saturated rings. The van der Waals surface area contributed by atoms with E-state index in [2.05, 4.69) is 44.0 Å². The van der Waals surface area contributed by atoms with E-state index in [9.17, 15) is 39.6 Å². The lowest BCUT2D eigenvalue weighted by Gasteiger charge is -2.44. The Kier molecular flexibility index (Phi) is 19.8. The summed E-state index contributed by atoms with van der Waals surface area (Å²) in [5, 5.41) is 3.74. The molecule has 0 bridgehead atoms. The first-order valence-electron chi connectivity index (χ1n) is 27.4. The molecular formula is C58H75ClF3N7O7S3. The lowest BCUT2D eigenvalue weighted by molar-refractivity contribution is -0.0436. The number of nitrogens with zero attached hydrogens (tertiary/aromatic N) is 5. The van der Waals surface area contributed by atoms with Crippen molar-refractivity contribution in [2.75, 3.05) is 101 Å². The van der Waals surface area contributed by atoms with E-state index >= 15 is 0 Å². The number of sulfone groups is 1. The first-order chi connectivity index (χ1) is 37.4. The molecule has 3 heterocycles. The molecule has 8 rings (SSSR count). The van der Waals surface area contributed by atoms with Crippen LogP contribution in [0.2, 0.25) is 5.02 Å². The van der Waals surface area contributed by atoms with Gasteiger partial charge in [-0.25, -0.2) is 26.4 Å². The number of anilines is 2. The normalized spacial score (nSPS) is 20.2. The maximum Gasteiger partial charge on any atom is 0.501 e. The van der Waals surface area contributed by atoms with Crippen molar-refractivity contribution in [2.45, 2.75) is 111 Å². The second kappa shape index (κ2) is 26.0. The van der Waals surface area contributed by atoms with Gasteiger partial charge in [-0.2, -0.15) is 13.2 Å². The van der Waals surface area contributed by atoms with Crippen LogP contribution in [0.3, 0.4) is 0 Å². The van der Waals surface area contributed by atoms with Crippen molar-refractivity contribution in [3.63, 3.8) is 0 Å². The second-order valence-corrected chi connectivity index (χ2v) is 27.8. The van der Waals surface area contributed by atoms with E-state index in [0.29, 0.717) is 56.0 Å². The number of halogens is 4. The number of hydrogen-bond acceptors (Lipinski definition) is 13. The highest BCUT2D eigenvalue weighted by molar-refractivity contribution is 7.99. The number of likely N-dealkylation sites (tertiary alicyclic amines) is 1. The van der Waals surface area contributed by atoms with Gasteiger partial charge in [0.1, 0.15) is 10.5 Å². The minimum Gasteiger partial charge on any atom is -0.444 e. The summed E-state index contributed by atoms with van der Waals surface area (Å²) < 4.78 is 104. The van der Waals surface area contributed by atoms with Crippen molar-refractivity contribution in [2.24, 2.45) is 5.41 Å². The van der Waals surface area contributed by atoms with Gasteiger partial charge in [0.2, 0.25) is 0 Å². The number of thioether (sulfide) groups is 1. The van der Waals surface area contributed by atoms with E-state index in [1.165, 1.54) is 40.6 Å². The number of allylic oxidation sites excluding steroid dienone is 1. The van der Waals surface area contributed by atoms with Gasteiger partial charge in [0, 0.05) is 105 Å². The van der Waals surface area contributed by atoms with Gasteiger partial charge in [-0.3, -0.25) is 14.6 Å². The Morgan fingerprint density at radius 2 is 1.42 bits per heavy atom. The maximum atomic E-state index is 14.3. The molecule has 3 saturated heterocycles. The maximum absolute atomic E-state index is 14.3. The Hall–Kier alpha value is -4.83. The molecule has 2 atom stereocenters. The number of carbonyl (C=O) groups excluding carboxylic acids is 2. The number of benzene rings is 4. The third-order valence-electron chi connectivity index (χ3n) is 15.3. The molecular weight excluding hydrogens is 1100 g/mol. The van der Waals surface area contributed by atoms with Gasteiger partial charge >= 0.3 is 11.6 Å². The smallest absolute Gasteiger partial charge is 0.444 e. The van der Waals surface area contributed by atoms with Gasteiger partial charge in [-0.05, 0) is 156 Å². The van der Waals surface area contributed by atoms with E-state index in [4.69, 9.17) is 16.3 Å². The summed E-state index contributed by atoms with van der Waals surface area (Å²) in [5.74, 6) is -0.640. The van der Waals surface area contributed by atoms with Gasteiger partial charge < -0.3 is 24.8 Å². The van der Waals surface area contributed by atoms with Crippen molar-refractivity contribution in [1.29, 1.82) is 0 Å². The minimum atomic E-state index is -6.07. The first-order valence-corrected chi connectivity index (χ1v) is 31.7. The van der Waals surface area contributed by atoms with E-state index in [1.54, 1.807) is 17.0 Å². The second-order valence-electron chi connectivity index (χ2n) is 22.7. The van der Waals surface area contributed by atoms with Gasteiger partial charge in [-0.1, -0.05) is 67.3 Å². The highest BCUT2D eigenvalue weighted by atomic mass is 35.5. The van der Waals surface area contributed by atoms with Crippen molar-refractivity contribution in [1.82, 2.24) is 24.3 Å². The molecule has 0 radical (unpaired) electrons. The predicted octanol–water partition coefficient (Wildman–Crippen LogP) is 10.9. The molecule has 4 aromatic carbocycles. The zero-order valence-electron chi connectivity index (χ0n) is 45.7. The Labute approximate surface area is 474 Å². The Bertz CT molecular complexity index is 2980. The van der Waals surface area contributed by atoms with E-state index in [-0.39, 0.29) is 22.8 Å². The minimum absolute atomic E-state index is 0.0116. The SMILES string of the molecule is CC(C)(C)OC(=O)N1CCN(C[C@]2(C)CCC(c3ccc(Cl)cc3)=C(CN3CCN(c4ccc(C(=O)NS(=O)(=O)c5ccc(NC(CCN6CCCCCC6)CSc6ccccc6)c(S(=O)(=O)C(F)(F)F)c5)cc4)CC3)C2)CC1.